The summed E-state index contributed by atoms with van der Waals surface area (Å²) in [5.41, 5.74) is 1.24. The van der Waals surface area contributed by atoms with Crippen molar-refractivity contribution in [2.75, 3.05) is 38.9 Å². The van der Waals surface area contributed by atoms with Crippen molar-refractivity contribution in [3.8, 4) is 17.2 Å². The topological polar surface area (TPSA) is 70.1 Å². The Balaban J connectivity index is 1.70. The highest BCUT2D eigenvalue weighted by Gasteiger charge is 2.28. The average molecular weight is 471 g/mol. The summed E-state index contributed by atoms with van der Waals surface area (Å²) in [6, 6.07) is 11.0. The third-order valence-electron chi connectivity index (χ3n) is 5.63. The number of amides is 1. The summed E-state index contributed by atoms with van der Waals surface area (Å²) in [7, 11) is 3.24. The Morgan fingerprint density at radius 3 is 2.76 bits per heavy atom. The third-order valence-corrected chi connectivity index (χ3v) is 6.73. The Morgan fingerprint density at radius 2 is 2.03 bits per heavy atom. The van der Waals surface area contributed by atoms with E-state index >= 15 is 0 Å². The van der Waals surface area contributed by atoms with Crippen LogP contribution in [0.1, 0.15) is 43.0 Å². The largest absolute Gasteiger partial charge is 0.495 e. The van der Waals surface area contributed by atoms with Crippen LogP contribution >= 0.6 is 11.3 Å². The van der Waals surface area contributed by atoms with E-state index in [4.69, 9.17) is 23.9 Å². The van der Waals surface area contributed by atoms with Crippen LogP contribution in [0.3, 0.4) is 0 Å². The van der Waals surface area contributed by atoms with E-state index in [2.05, 4.69) is 6.92 Å². The summed E-state index contributed by atoms with van der Waals surface area (Å²) in [4.78, 5) is 20.2. The summed E-state index contributed by atoms with van der Waals surface area (Å²) in [6.45, 7) is 3.90. The highest BCUT2D eigenvalue weighted by Crippen LogP contribution is 2.40. The lowest BCUT2D eigenvalue weighted by Crippen LogP contribution is -2.37. The quantitative estimate of drug-likeness (QED) is 0.374. The van der Waals surface area contributed by atoms with Crippen molar-refractivity contribution in [3.63, 3.8) is 0 Å². The van der Waals surface area contributed by atoms with E-state index in [1.807, 2.05) is 30.3 Å². The molecule has 2 aromatic carbocycles. The SMILES string of the molecule is CCCCOc1cccc(C(=O)N(CC2CCCO2)c2nc3c(OC)ccc(OC)c3s2)c1. The Morgan fingerprint density at radius 1 is 1.21 bits per heavy atom. The lowest BCUT2D eigenvalue weighted by atomic mass is 10.1. The van der Waals surface area contributed by atoms with Crippen LogP contribution in [-0.2, 0) is 4.74 Å². The molecule has 1 fully saturated rings. The van der Waals surface area contributed by atoms with Gasteiger partial charge in [0.25, 0.3) is 5.91 Å². The minimum absolute atomic E-state index is 0.0197. The summed E-state index contributed by atoms with van der Waals surface area (Å²) >= 11 is 1.42. The number of hydrogen-bond donors (Lipinski definition) is 0. The van der Waals surface area contributed by atoms with E-state index < -0.39 is 0 Å². The van der Waals surface area contributed by atoms with Crippen molar-refractivity contribution in [1.29, 1.82) is 0 Å². The molecule has 0 radical (unpaired) electrons. The fraction of sp³-hybridized carbons (Fsp3) is 0.440. The zero-order chi connectivity index (χ0) is 23.2. The third kappa shape index (κ3) is 5.23. The van der Waals surface area contributed by atoms with Crippen molar-refractivity contribution >= 4 is 32.6 Å². The molecular weight excluding hydrogens is 440 g/mol. The number of unbranched alkanes of at least 4 members (excludes halogenated alkanes) is 1. The number of rotatable bonds is 10. The molecular formula is C25H30N2O5S. The fourth-order valence-corrected chi connectivity index (χ4v) is 4.92. The van der Waals surface area contributed by atoms with Gasteiger partial charge >= 0.3 is 0 Å². The molecule has 1 unspecified atom stereocenters. The van der Waals surface area contributed by atoms with Gasteiger partial charge in [0.05, 0.1) is 33.5 Å². The minimum atomic E-state index is -0.136. The number of benzene rings is 2. The van der Waals surface area contributed by atoms with E-state index in [1.54, 1.807) is 25.2 Å². The second-order valence-corrected chi connectivity index (χ2v) is 8.90. The van der Waals surface area contributed by atoms with Crippen LogP contribution in [0.15, 0.2) is 36.4 Å². The number of fused-ring (bicyclic) bond motifs is 1. The predicted octanol–water partition coefficient (Wildman–Crippen LogP) is 5.32. The second kappa shape index (κ2) is 10.9. The van der Waals surface area contributed by atoms with Crippen LogP contribution in [0.2, 0.25) is 0 Å². The number of methoxy groups -OCH3 is 2. The molecule has 1 aliphatic rings. The number of thiazole rings is 1. The van der Waals surface area contributed by atoms with Crippen LogP contribution in [0, 0.1) is 0 Å². The maximum absolute atomic E-state index is 13.7. The van der Waals surface area contributed by atoms with E-state index in [-0.39, 0.29) is 12.0 Å². The molecule has 2 heterocycles. The normalized spacial score (nSPS) is 15.5. The van der Waals surface area contributed by atoms with Gasteiger partial charge < -0.3 is 18.9 Å². The Labute approximate surface area is 198 Å². The van der Waals surface area contributed by atoms with Gasteiger partial charge in [0.15, 0.2) is 5.13 Å². The number of anilines is 1. The van der Waals surface area contributed by atoms with Gasteiger partial charge in [-0.3, -0.25) is 9.69 Å². The Kier molecular flexibility index (Phi) is 7.67. The van der Waals surface area contributed by atoms with Crippen LogP contribution in [0.4, 0.5) is 5.13 Å². The molecule has 1 saturated heterocycles. The number of aromatic nitrogens is 1. The molecule has 0 spiro atoms. The molecule has 0 bridgehead atoms. The molecule has 33 heavy (non-hydrogen) atoms. The van der Waals surface area contributed by atoms with Crippen molar-refractivity contribution in [2.24, 2.45) is 0 Å². The highest BCUT2D eigenvalue weighted by atomic mass is 32.1. The molecule has 1 aromatic heterocycles. The van der Waals surface area contributed by atoms with Crippen LogP contribution in [-0.4, -0.2) is 51.0 Å². The van der Waals surface area contributed by atoms with Gasteiger partial charge in [-0.25, -0.2) is 4.98 Å². The number of ether oxygens (including phenoxy) is 4. The zero-order valence-electron chi connectivity index (χ0n) is 19.3. The highest BCUT2D eigenvalue weighted by molar-refractivity contribution is 7.22. The zero-order valence-corrected chi connectivity index (χ0v) is 20.2. The molecule has 1 atom stereocenters. The number of carbonyl (C=O) groups excluding carboxylic acids is 1. The van der Waals surface area contributed by atoms with E-state index in [1.165, 1.54) is 11.3 Å². The van der Waals surface area contributed by atoms with Crippen LogP contribution in [0.5, 0.6) is 17.2 Å². The second-order valence-electron chi connectivity index (χ2n) is 7.92. The molecule has 0 N–H and O–H groups in total. The van der Waals surface area contributed by atoms with Crippen molar-refractivity contribution in [2.45, 2.75) is 38.7 Å². The maximum atomic E-state index is 13.7. The first kappa shape index (κ1) is 23.3. The lowest BCUT2D eigenvalue weighted by molar-refractivity contribution is 0.0917. The van der Waals surface area contributed by atoms with E-state index in [9.17, 15) is 4.79 Å². The molecule has 8 heteroatoms. The molecule has 3 aromatic rings. The van der Waals surface area contributed by atoms with Crippen molar-refractivity contribution in [1.82, 2.24) is 4.98 Å². The van der Waals surface area contributed by atoms with Crippen LogP contribution < -0.4 is 19.1 Å². The number of hydrogen-bond acceptors (Lipinski definition) is 7. The Hall–Kier alpha value is -2.84. The molecule has 0 saturated carbocycles. The van der Waals surface area contributed by atoms with Gasteiger partial charge in [0.2, 0.25) is 0 Å². The lowest BCUT2D eigenvalue weighted by Gasteiger charge is -2.23. The first-order valence-corrected chi connectivity index (χ1v) is 12.1. The summed E-state index contributed by atoms with van der Waals surface area (Å²) in [6.07, 6.45) is 3.92. The van der Waals surface area contributed by atoms with Crippen molar-refractivity contribution in [3.05, 3.63) is 42.0 Å². The minimum Gasteiger partial charge on any atom is -0.495 e. The monoisotopic (exact) mass is 470 g/mol. The predicted molar refractivity (Wildman–Crippen MR) is 130 cm³/mol. The van der Waals surface area contributed by atoms with Gasteiger partial charge in [-0.1, -0.05) is 30.7 Å². The maximum Gasteiger partial charge on any atom is 0.260 e. The smallest absolute Gasteiger partial charge is 0.260 e. The standard InChI is InChI=1S/C25H30N2O5S/c1-4-5-13-31-18-9-6-8-17(15-18)24(28)27(16-19-10-7-14-32-19)25-26-22-20(29-2)11-12-21(30-3)23(22)33-25/h6,8-9,11-12,15,19H,4-5,7,10,13-14,16H2,1-3H3. The molecule has 0 aliphatic carbocycles. The van der Waals surface area contributed by atoms with Gasteiger partial charge in [-0.2, -0.15) is 0 Å². The summed E-state index contributed by atoms with van der Waals surface area (Å²) < 4.78 is 23.6. The van der Waals surface area contributed by atoms with Gasteiger partial charge in [0, 0.05) is 12.2 Å². The number of carbonyl (C=O) groups is 1. The molecule has 4 rings (SSSR count). The van der Waals surface area contributed by atoms with Crippen LogP contribution in [0.25, 0.3) is 10.2 Å². The van der Waals surface area contributed by atoms with Gasteiger partial charge in [0.1, 0.15) is 27.5 Å². The summed E-state index contributed by atoms with van der Waals surface area (Å²) in [5, 5.41) is 0.589. The average Bonchev–Trinajstić information content (AvgIpc) is 3.52. The van der Waals surface area contributed by atoms with E-state index in [0.29, 0.717) is 46.6 Å². The van der Waals surface area contributed by atoms with E-state index in [0.717, 1.165) is 37.0 Å². The molecule has 176 valence electrons. The van der Waals surface area contributed by atoms with Gasteiger partial charge in [-0.05, 0) is 49.6 Å². The fourth-order valence-electron chi connectivity index (χ4n) is 3.84. The molecule has 1 aliphatic heterocycles. The number of nitrogens with zero attached hydrogens (tertiary/aromatic N) is 2. The first-order chi connectivity index (χ1) is 16.1. The van der Waals surface area contributed by atoms with Crippen molar-refractivity contribution < 1.29 is 23.7 Å². The Bertz CT molecular complexity index is 1050. The van der Waals surface area contributed by atoms with Gasteiger partial charge in [-0.15, -0.1) is 0 Å². The molecule has 1 amide bonds. The molecule has 7 nitrogen and oxygen atoms in total. The first-order valence-electron chi connectivity index (χ1n) is 11.3. The summed E-state index contributed by atoms with van der Waals surface area (Å²) in [5.74, 6) is 1.90.